The maximum Gasteiger partial charge on any atom is 0.179 e. The predicted molar refractivity (Wildman–Crippen MR) is 107 cm³/mol. The molecule has 0 N–H and O–H groups in total. The molecule has 1 spiro atoms. The van der Waals surface area contributed by atoms with E-state index in [1.54, 1.807) is 24.3 Å². The number of nitrogens with zero attached hydrogens (tertiary/aromatic N) is 2. The van der Waals surface area contributed by atoms with Crippen LogP contribution in [0.2, 0.25) is 0 Å². The molecule has 0 aliphatic carbocycles. The number of sulfonamides is 1. The van der Waals surface area contributed by atoms with E-state index in [1.807, 2.05) is 18.2 Å². The Morgan fingerprint density at radius 2 is 2.07 bits per heavy atom. The predicted octanol–water partition coefficient (Wildman–Crippen LogP) is 3.45. The van der Waals surface area contributed by atoms with Crippen molar-refractivity contribution in [3.05, 3.63) is 60.2 Å². The van der Waals surface area contributed by atoms with Crippen molar-refractivity contribution in [3.63, 3.8) is 0 Å². The van der Waals surface area contributed by atoms with Gasteiger partial charge >= 0.3 is 0 Å². The summed E-state index contributed by atoms with van der Waals surface area (Å²) in [5.74, 6) is 0.526. The van der Waals surface area contributed by atoms with Crippen LogP contribution in [0.3, 0.4) is 0 Å². The molecule has 0 amide bonds. The first kappa shape index (κ1) is 19.1. The highest BCUT2D eigenvalue weighted by Gasteiger charge is 2.48. The highest BCUT2D eigenvalue weighted by Crippen LogP contribution is 2.37. The molecule has 2 aliphatic heterocycles. The molecular weight excluding hydrogens is 376 g/mol. The summed E-state index contributed by atoms with van der Waals surface area (Å²) in [6.07, 6.45) is 2.94. The van der Waals surface area contributed by atoms with E-state index in [-0.39, 0.29) is 4.90 Å². The largest absolute Gasteiger partial charge is 0.593 e. The summed E-state index contributed by atoms with van der Waals surface area (Å²) >= 11 is 0. The molecule has 2 atom stereocenters. The van der Waals surface area contributed by atoms with Crippen LogP contribution in [0.25, 0.3) is 0 Å². The van der Waals surface area contributed by atoms with Gasteiger partial charge in [0.05, 0.1) is 19.4 Å². The minimum absolute atomic E-state index is 0.243. The Labute approximate surface area is 166 Å². The number of hydrogen-bond acceptors (Lipinski definition) is 5. The normalized spacial score (nSPS) is 24.4. The van der Waals surface area contributed by atoms with Gasteiger partial charge in [-0.15, -0.1) is 4.31 Å². The molecule has 0 bridgehead atoms. The van der Waals surface area contributed by atoms with Crippen molar-refractivity contribution in [1.82, 2.24) is 4.31 Å². The van der Waals surface area contributed by atoms with E-state index in [0.29, 0.717) is 25.3 Å². The van der Waals surface area contributed by atoms with E-state index in [2.05, 4.69) is 17.3 Å². The van der Waals surface area contributed by atoms with Gasteiger partial charge in [0.1, 0.15) is 5.75 Å². The van der Waals surface area contributed by atoms with Gasteiger partial charge in [0.25, 0.3) is 0 Å². The fourth-order valence-electron chi connectivity index (χ4n) is 3.92. The lowest BCUT2D eigenvalue weighted by Crippen LogP contribution is -2.52. The maximum atomic E-state index is 13.1. The highest BCUT2D eigenvalue weighted by molar-refractivity contribution is 7.95. The summed E-state index contributed by atoms with van der Waals surface area (Å²) in [4.78, 5) is 6.07. The third kappa shape index (κ3) is 3.83. The van der Waals surface area contributed by atoms with Crippen LogP contribution >= 0.6 is 0 Å². The van der Waals surface area contributed by atoms with Gasteiger partial charge in [0, 0.05) is 25.5 Å². The summed E-state index contributed by atoms with van der Waals surface area (Å²) in [5, 5.41) is 4.30. The zero-order valence-corrected chi connectivity index (χ0v) is 16.7. The Hall–Kier alpha value is -2.22. The number of rotatable bonds is 5. The smallest absolute Gasteiger partial charge is 0.179 e. The standard InChI is InChI=1S/C21H24N2O4S/c1-26-19-9-5-10-20(14-19)28(24,25)23-12-6-11-21(16-23)15-18(22-27-21)13-17-7-3-2-4-8-17/h2-5,7-10,14H,6,11-13,15-16H2,1H3. The zero-order valence-electron chi connectivity index (χ0n) is 15.9. The van der Waals surface area contributed by atoms with Crippen LogP contribution in [0.15, 0.2) is 64.6 Å². The van der Waals surface area contributed by atoms with Crippen molar-refractivity contribution in [2.45, 2.75) is 36.2 Å². The number of oxime groups is 1. The summed E-state index contributed by atoms with van der Waals surface area (Å²) in [6, 6.07) is 16.7. The van der Waals surface area contributed by atoms with E-state index in [4.69, 9.17) is 9.57 Å². The summed E-state index contributed by atoms with van der Waals surface area (Å²) in [6.45, 7) is 0.799. The van der Waals surface area contributed by atoms with Gasteiger partial charge in [-0.3, -0.25) is 0 Å². The summed E-state index contributed by atoms with van der Waals surface area (Å²) in [7, 11) is -2.08. The second kappa shape index (κ2) is 7.66. The van der Waals surface area contributed by atoms with Gasteiger partial charge in [-0.05, 0) is 30.5 Å². The van der Waals surface area contributed by atoms with Crippen LogP contribution in [0.4, 0.5) is 0 Å². The molecule has 4 rings (SSSR count). The second-order valence-electron chi connectivity index (χ2n) is 7.39. The first-order valence-corrected chi connectivity index (χ1v) is 10.9. The Morgan fingerprint density at radius 1 is 1.25 bits per heavy atom. The number of piperidine rings is 1. The van der Waals surface area contributed by atoms with Crippen molar-refractivity contribution in [2.75, 3.05) is 20.2 Å². The minimum Gasteiger partial charge on any atom is -0.593 e. The molecule has 0 aromatic heterocycles. The molecule has 2 unspecified atom stereocenters. The Kier molecular flexibility index (Phi) is 5.23. The lowest BCUT2D eigenvalue weighted by atomic mass is 9.88. The van der Waals surface area contributed by atoms with E-state index in [1.165, 1.54) is 17.0 Å². The fraction of sp³-hybridized carbons (Fsp3) is 0.381. The van der Waals surface area contributed by atoms with E-state index < -0.39 is 16.0 Å². The van der Waals surface area contributed by atoms with Crippen LogP contribution in [0.1, 0.15) is 24.8 Å². The second-order valence-corrected chi connectivity index (χ2v) is 9.33. The molecule has 0 saturated carbocycles. The summed E-state index contributed by atoms with van der Waals surface area (Å²) in [5.41, 5.74) is 1.58. The van der Waals surface area contributed by atoms with E-state index in [9.17, 15) is 8.76 Å². The van der Waals surface area contributed by atoms with Crippen LogP contribution < -0.4 is 4.74 Å². The van der Waals surface area contributed by atoms with E-state index >= 15 is 0 Å². The number of benzene rings is 2. The van der Waals surface area contributed by atoms with Gasteiger partial charge < -0.3 is 14.1 Å². The molecule has 2 aliphatic rings. The van der Waals surface area contributed by atoms with Crippen LogP contribution in [0.5, 0.6) is 5.75 Å². The van der Waals surface area contributed by atoms with Crippen LogP contribution in [0, 0.1) is 0 Å². The maximum absolute atomic E-state index is 13.1. The van der Waals surface area contributed by atoms with Crippen LogP contribution in [-0.4, -0.2) is 40.4 Å². The monoisotopic (exact) mass is 400 g/mol. The lowest BCUT2D eigenvalue weighted by Gasteiger charge is -2.38. The van der Waals surface area contributed by atoms with Crippen molar-refractivity contribution in [3.8, 4) is 5.75 Å². The van der Waals surface area contributed by atoms with Gasteiger partial charge in [0.15, 0.2) is 20.9 Å². The molecule has 1 fully saturated rings. The number of hydrogen-bond donors (Lipinski definition) is 0. The molecule has 28 heavy (non-hydrogen) atoms. The minimum atomic E-state index is -3.61. The van der Waals surface area contributed by atoms with Gasteiger partial charge in [0.2, 0.25) is 0 Å². The lowest BCUT2D eigenvalue weighted by molar-refractivity contribution is -0.0533. The Balaban J connectivity index is 1.48. The molecule has 2 heterocycles. The Morgan fingerprint density at radius 3 is 2.86 bits per heavy atom. The third-order valence-corrected chi connectivity index (χ3v) is 7.17. The molecule has 7 heteroatoms. The Bertz CT molecular complexity index is 918. The first-order valence-electron chi connectivity index (χ1n) is 9.43. The topological polar surface area (TPSA) is 74.2 Å². The number of methoxy groups -OCH3 is 1. The molecule has 0 radical (unpaired) electrons. The molecule has 6 nitrogen and oxygen atoms in total. The fourth-order valence-corrected chi connectivity index (χ4v) is 5.50. The van der Waals surface area contributed by atoms with Gasteiger partial charge in [-0.1, -0.05) is 45.8 Å². The molecule has 2 aromatic carbocycles. The average Bonchev–Trinajstić information content (AvgIpc) is 3.10. The van der Waals surface area contributed by atoms with Crippen molar-refractivity contribution >= 4 is 16.1 Å². The molecule has 148 valence electrons. The first-order chi connectivity index (χ1) is 13.5. The third-order valence-electron chi connectivity index (χ3n) is 5.33. The molecular formula is C21H24N2O4S. The van der Waals surface area contributed by atoms with Crippen molar-refractivity contribution < 1.29 is 18.3 Å². The van der Waals surface area contributed by atoms with Crippen molar-refractivity contribution in [2.24, 2.45) is 5.16 Å². The van der Waals surface area contributed by atoms with E-state index in [0.717, 1.165) is 25.0 Å². The quantitative estimate of drug-likeness (QED) is 0.721. The van der Waals surface area contributed by atoms with Crippen molar-refractivity contribution in [1.29, 1.82) is 0 Å². The highest BCUT2D eigenvalue weighted by atomic mass is 32.3. The van der Waals surface area contributed by atoms with Gasteiger partial charge in [-0.25, -0.2) is 0 Å². The van der Waals surface area contributed by atoms with Gasteiger partial charge in [-0.2, -0.15) is 0 Å². The zero-order chi connectivity index (χ0) is 19.6. The molecule has 1 saturated heterocycles. The molecule has 2 aromatic rings. The average molecular weight is 401 g/mol. The van der Waals surface area contributed by atoms with Crippen LogP contribution in [-0.2, 0) is 25.9 Å². The SMILES string of the molecule is COc1cccc([S+](=O)([O-])N2CCCC3(CC(Cc4ccccc4)=NO3)C2)c1. The summed E-state index contributed by atoms with van der Waals surface area (Å²) < 4.78 is 33.0. The number of ether oxygens (including phenoxy) is 1.